The molecule has 0 spiro atoms. The van der Waals surface area contributed by atoms with Crippen molar-refractivity contribution in [3.05, 3.63) is 66.5 Å². The minimum atomic E-state index is -0.125. The molecular weight excluding hydrogens is 372 g/mol. The Morgan fingerprint density at radius 1 is 1.03 bits per heavy atom. The number of urea groups is 1. The molecule has 2 aromatic carbocycles. The molecule has 2 N–H and O–H groups in total. The van der Waals surface area contributed by atoms with Gasteiger partial charge in [0.2, 0.25) is 0 Å². The highest BCUT2D eigenvalue weighted by atomic mass is 16.2. The van der Waals surface area contributed by atoms with Crippen LogP contribution in [0.15, 0.2) is 60.9 Å². The lowest BCUT2D eigenvalue weighted by atomic mass is 9.87. The molecule has 0 radical (unpaired) electrons. The molecule has 1 aliphatic carbocycles. The van der Waals surface area contributed by atoms with Crippen LogP contribution in [0.1, 0.15) is 26.3 Å². The molecule has 1 aromatic heterocycles. The average molecular weight is 401 g/mol. The van der Waals surface area contributed by atoms with Gasteiger partial charge >= 0.3 is 6.03 Å². The van der Waals surface area contributed by atoms with E-state index in [1.54, 1.807) is 6.20 Å². The fraction of sp³-hybridized carbons (Fsp3) is 0.360. The van der Waals surface area contributed by atoms with Crippen LogP contribution in [0.3, 0.4) is 0 Å². The van der Waals surface area contributed by atoms with E-state index in [0.717, 1.165) is 29.5 Å². The summed E-state index contributed by atoms with van der Waals surface area (Å²) >= 11 is 0. The maximum Gasteiger partial charge on any atom is 0.319 e. The van der Waals surface area contributed by atoms with Crippen LogP contribution in [0.5, 0.6) is 0 Å². The van der Waals surface area contributed by atoms with E-state index in [1.807, 2.05) is 30.5 Å². The van der Waals surface area contributed by atoms with Gasteiger partial charge in [0.1, 0.15) is 0 Å². The van der Waals surface area contributed by atoms with E-state index in [4.69, 9.17) is 0 Å². The lowest BCUT2D eigenvalue weighted by Gasteiger charge is -2.24. The molecular formula is C25H28N4O. The molecule has 1 saturated carbocycles. The van der Waals surface area contributed by atoms with Crippen molar-refractivity contribution in [2.45, 2.75) is 32.2 Å². The third kappa shape index (κ3) is 3.49. The van der Waals surface area contributed by atoms with E-state index in [-0.39, 0.29) is 17.5 Å². The molecule has 30 heavy (non-hydrogen) atoms. The van der Waals surface area contributed by atoms with Gasteiger partial charge in [-0.25, -0.2) is 4.79 Å². The van der Waals surface area contributed by atoms with Crippen molar-refractivity contribution in [3.8, 4) is 0 Å². The Labute approximate surface area is 177 Å². The molecule has 2 heterocycles. The standard InChI is InChI=1S/C25H28N4O/c1-25(2,3)17-7-9-18(10-8-17)29-14-20-21(15-29)23(20)28-24(30)27-22-6-4-5-16-13-26-12-11-19(16)22/h4-13,20-21,23H,14-15H2,1-3H3,(H2,27,28,30)/t20-,21?,23?/m0/s1. The number of piperidine rings is 1. The van der Waals surface area contributed by atoms with Crippen molar-refractivity contribution >= 4 is 28.2 Å². The second kappa shape index (κ2) is 7.01. The number of nitrogens with one attached hydrogen (secondary N) is 2. The van der Waals surface area contributed by atoms with Crippen LogP contribution < -0.4 is 15.5 Å². The minimum absolute atomic E-state index is 0.125. The van der Waals surface area contributed by atoms with E-state index in [0.29, 0.717) is 11.8 Å². The largest absolute Gasteiger partial charge is 0.371 e. The number of aromatic nitrogens is 1. The fourth-order valence-electron chi connectivity index (χ4n) is 4.66. The van der Waals surface area contributed by atoms with E-state index < -0.39 is 0 Å². The van der Waals surface area contributed by atoms with Gasteiger partial charge in [0.15, 0.2) is 0 Å². The molecule has 1 saturated heterocycles. The summed E-state index contributed by atoms with van der Waals surface area (Å²) in [6.45, 7) is 8.73. The Morgan fingerprint density at radius 3 is 2.47 bits per heavy atom. The van der Waals surface area contributed by atoms with Gasteiger partial charge in [-0.1, -0.05) is 45.0 Å². The summed E-state index contributed by atoms with van der Waals surface area (Å²) in [6.07, 6.45) is 3.56. The molecule has 5 nitrogen and oxygen atoms in total. The van der Waals surface area contributed by atoms with E-state index in [2.05, 4.69) is 65.6 Å². The number of benzene rings is 2. The second-order valence-corrected chi connectivity index (χ2v) is 9.56. The summed E-state index contributed by atoms with van der Waals surface area (Å²) in [5.41, 5.74) is 3.63. The Bertz CT molecular complexity index is 1070. The predicted molar refractivity (Wildman–Crippen MR) is 122 cm³/mol. The molecule has 5 heteroatoms. The number of amides is 2. The molecule has 2 unspecified atom stereocenters. The van der Waals surface area contributed by atoms with Crippen molar-refractivity contribution < 1.29 is 4.79 Å². The number of nitrogens with zero attached hydrogens (tertiary/aromatic N) is 2. The number of anilines is 2. The molecule has 3 atom stereocenters. The highest BCUT2D eigenvalue weighted by Gasteiger charge is 2.56. The second-order valence-electron chi connectivity index (χ2n) is 9.56. The summed E-state index contributed by atoms with van der Waals surface area (Å²) in [7, 11) is 0. The smallest absolute Gasteiger partial charge is 0.319 e. The van der Waals surface area contributed by atoms with Crippen molar-refractivity contribution in [2.24, 2.45) is 11.8 Å². The predicted octanol–water partition coefficient (Wildman–Crippen LogP) is 4.79. The number of rotatable bonds is 3. The first-order valence-electron chi connectivity index (χ1n) is 10.7. The number of pyridine rings is 1. The summed E-state index contributed by atoms with van der Waals surface area (Å²) in [6, 6.07) is 16.9. The van der Waals surface area contributed by atoms with Crippen LogP contribution in [0, 0.1) is 11.8 Å². The lowest BCUT2D eigenvalue weighted by molar-refractivity contribution is 0.250. The van der Waals surface area contributed by atoms with Crippen LogP contribution in [-0.2, 0) is 5.41 Å². The van der Waals surface area contributed by atoms with Crippen molar-refractivity contribution in [1.82, 2.24) is 10.3 Å². The Hall–Kier alpha value is -3.08. The quantitative estimate of drug-likeness (QED) is 0.665. The summed E-state index contributed by atoms with van der Waals surface area (Å²) < 4.78 is 0. The molecule has 2 aliphatic rings. The zero-order chi connectivity index (χ0) is 20.9. The first-order valence-corrected chi connectivity index (χ1v) is 10.7. The van der Waals surface area contributed by atoms with Crippen LogP contribution >= 0.6 is 0 Å². The van der Waals surface area contributed by atoms with Gasteiger partial charge < -0.3 is 15.5 Å². The van der Waals surface area contributed by atoms with Gasteiger partial charge in [-0.05, 0) is 35.2 Å². The van der Waals surface area contributed by atoms with Crippen LogP contribution in [0.25, 0.3) is 10.8 Å². The SMILES string of the molecule is CC(C)(C)c1ccc(N2CC3C(NC(=O)Nc4cccc5cnccc45)[C@H]3C2)cc1. The van der Waals surface area contributed by atoms with Crippen LogP contribution in [0.4, 0.5) is 16.2 Å². The van der Waals surface area contributed by atoms with Gasteiger partial charge in [-0.3, -0.25) is 4.98 Å². The molecule has 0 bridgehead atoms. The molecule has 5 rings (SSSR count). The van der Waals surface area contributed by atoms with Crippen LogP contribution in [0.2, 0.25) is 0 Å². The Balaban J connectivity index is 1.17. The third-order valence-corrected chi connectivity index (χ3v) is 6.52. The maximum absolute atomic E-state index is 12.6. The topological polar surface area (TPSA) is 57.3 Å². The molecule has 1 aliphatic heterocycles. The monoisotopic (exact) mass is 400 g/mol. The van der Waals surface area contributed by atoms with Gasteiger partial charge in [0, 0.05) is 59.8 Å². The van der Waals surface area contributed by atoms with Crippen LogP contribution in [-0.4, -0.2) is 30.1 Å². The minimum Gasteiger partial charge on any atom is -0.371 e. The van der Waals surface area contributed by atoms with Gasteiger partial charge in [-0.15, -0.1) is 0 Å². The van der Waals surface area contributed by atoms with E-state index >= 15 is 0 Å². The Morgan fingerprint density at radius 2 is 1.77 bits per heavy atom. The van der Waals surface area contributed by atoms with Gasteiger partial charge in [0.05, 0.1) is 5.69 Å². The third-order valence-electron chi connectivity index (χ3n) is 6.52. The molecule has 2 amide bonds. The summed E-state index contributed by atoms with van der Waals surface area (Å²) in [4.78, 5) is 19.2. The van der Waals surface area contributed by atoms with E-state index in [9.17, 15) is 4.79 Å². The van der Waals surface area contributed by atoms with Gasteiger partial charge in [0.25, 0.3) is 0 Å². The van der Waals surface area contributed by atoms with Crippen molar-refractivity contribution in [1.29, 1.82) is 0 Å². The van der Waals surface area contributed by atoms with Gasteiger partial charge in [-0.2, -0.15) is 0 Å². The normalized spacial score (nSPS) is 22.6. The lowest BCUT2D eigenvalue weighted by Crippen LogP contribution is -2.37. The van der Waals surface area contributed by atoms with Crippen molar-refractivity contribution in [3.63, 3.8) is 0 Å². The first-order chi connectivity index (χ1) is 14.4. The number of carbonyl (C=O) groups excluding carboxylic acids is 1. The number of carbonyl (C=O) groups is 1. The van der Waals surface area contributed by atoms with Crippen molar-refractivity contribution in [2.75, 3.05) is 23.3 Å². The Kier molecular flexibility index (Phi) is 4.42. The first kappa shape index (κ1) is 18.9. The molecule has 154 valence electrons. The van der Waals surface area contributed by atoms with E-state index in [1.165, 1.54) is 11.3 Å². The summed E-state index contributed by atoms with van der Waals surface area (Å²) in [5.74, 6) is 1.07. The average Bonchev–Trinajstić information content (AvgIpc) is 3.16. The zero-order valence-corrected chi connectivity index (χ0v) is 17.7. The fourth-order valence-corrected chi connectivity index (χ4v) is 4.66. The number of fused-ring (bicyclic) bond motifs is 2. The highest BCUT2D eigenvalue weighted by Crippen LogP contribution is 2.47. The molecule has 3 aromatic rings. The summed E-state index contributed by atoms with van der Waals surface area (Å²) in [5, 5.41) is 8.22. The number of hydrogen-bond donors (Lipinski definition) is 2. The highest BCUT2D eigenvalue weighted by molar-refractivity contribution is 6.01. The maximum atomic E-state index is 12.6. The zero-order valence-electron chi connectivity index (χ0n) is 17.7. The number of hydrogen-bond acceptors (Lipinski definition) is 3. The molecule has 2 fully saturated rings.